The molecule has 0 atom stereocenters. The van der Waals surface area contributed by atoms with E-state index in [0.29, 0.717) is 12.8 Å². The Morgan fingerprint density at radius 3 is 1.25 bits per heavy atom. The van der Waals surface area contributed by atoms with Gasteiger partial charge in [0, 0.05) is 0 Å². The van der Waals surface area contributed by atoms with Crippen molar-refractivity contribution in [3.8, 4) is 0 Å². The maximum atomic E-state index is 12.4. The molecule has 0 amide bonds. The van der Waals surface area contributed by atoms with Gasteiger partial charge in [0.1, 0.15) is 0 Å². The molecule has 0 unspecified atom stereocenters. The molecule has 2 aromatic carbocycles. The first-order valence-electron chi connectivity index (χ1n) is 7.95. The Kier molecular flexibility index (Phi) is 4.78. The lowest BCUT2D eigenvalue weighted by molar-refractivity contribution is 0.534. The number of rotatable bonds is 6. The quantitative estimate of drug-likeness (QED) is 0.790. The van der Waals surface area contributed by atoms with Crippen LogP contribution >= 0.6 is 0 Å². The standard InChI is InChI=1S/C18H20O4S2/c19-23(20)17(13-11-15-7-3-1-4-8-15)24(21,22)18(23)14-12-16-9-5-2-6-10-16/h1-10,17-18H,11-14H2. The second-order valence-corrected chi connectivity index (χ2v) is 11.3. The van der Waals surface area contributed by atoms with Crippen molar-refractivity contribution >= 4 is 19.7 Å². The van der Waals surface area contributed by atoms with Crippen LogP contribution in [0.5, 0.6) is 0 Å². The zero-order valence-electron chi connectivity index (χ0n) is 13.2. The third kappa shape index (κ3) is 3.26. The van der Waals surface area contributed by atoms with Crippen LogP contribution in [0.15, 0.2) is 60.7 Å². The third-order valence-electron chi connectivity index (χ3n) is 4.49. The van der Waals surface area contributed by atoms with Crippen molar-refractivity contribution in [2.45, 2.75) is 34.8 Å². The molecule has 1 fully saturated rings. The molecule has 0 radical (unpaired) electrons. The lowest BCUT2D eigenvalue weighted by Gasteiger charge is -2.35. The van der Waals surface area contributed by atoms with Crippen molar-refractivity contribution in [2.75, 3.05) is 0 Å². The molecule has 2 aromatic rings. The maximum Gasteiger partial charge on any atom is 0.184 e. The van der Waals surface area contributed by atoms with E-state index in [2.05, 4.69) is 0 Å². The van der Waals surface area contributed by atoms with E-state index in [1.54, 1.807) is 0 Å². The van der Waals surface area contributed by atoms with Crippen molar-refractivity contribution < 1.29 is 16.8 Å². The highest BCUT2D eigenvalue weighted by atomic mass is 32.3. The van der Waals surface area contributed by atoms with E-state index in [9.17, 15) is 16.8 Å². The summed E-state index contributed by atoms with van der Waals surface area (Å²) >= 11 is 0. The minimum atomic E-state index is -3.60. The first kappa shape index (κ1) is 17.2. The Labute approximate surface area is 143 Å². The number of hydrogen-bond donors (Lipinski definition) is 0. The molecular weight excluding hydrogens is 344 g/mol. The zero-order chi connectivity index (χ0) is 17.2. The molecule has 0 bridgehead atoms. The van der Waals surface area contributed by atoms with Crippen LogP contribution in [0.2, 0.25) is 0 Å². The summed E-state index contributed by atoms with van der Waals surface area (Å²) in [6.45, 7) is 0. The summed E-state index contributed by atoms with van der Waals surface area (Å²) in [6.07, 6.45) is 1.18. The first-order chi connectivity index (χ1) is 11.4. The van der Waals surface area contributed by atoms with Crippen LogP contribution in [0.1, 0.15) is 24.0 Å². The summed E-state index contributed by atoms with van der Waals surface area (Å²) in [4.78, 5) is 0. The largest absolute Gasteiger partial charge is 0.226 e. The Morgan fingerprint density at radius 1 is 0.583 bits per heavy atom. The molecule has 0 aliphatic carbocycles. The number of aryl methyl sites for hydroxylation is 2. The third-order valence-corrected chi connectivity index (χ3v) is 11.6. The molecule has 128 valence electrons. The number of hydrogen-bond acceptors (Lipinski definition) is 4. The highest BCUT2D eigenvalue weighted by Gasteiger charge is 2.59. The second-order valence-electron chi connectivity index (χ2n) is 6.09. The molecule has 24 heavy (non-hydrogen) atoms. The lowest BCUT2D eigenvalue weighted by atomic mass is 10.1. The van der Waals surface area contributed by atoms with Gasteiger partial charge in [0.15, 0.2) is 28.8 Å². The van der Waals surface area contributed by atoms with Crippen LogP contribution in [0.3, 0.4) is 0 Å². The van der Waals surface area contributed by atoms with Crippen LogP contribution in [-0.2, 0) is 32.5 Å². The Balaban J connectivity index is 1.66. The average Bonchev–Trinajstić information content (AvgIpc) is 2.56. The summed E-state index contributed by atoms with van der Waals surface area (Å²) in [6, 6.07) is 18.7. The molecule has 0 spiro atoms. The summed E-state index contributed by atoms with van der Waals surface area (Å²) < 4.78 is 47.2. The van der Waals surface area contributed by atoms with Gasteiger partial charge >= 0.3 is 0 Å². The highest BCUT2D eigenvalue weighted by Crippen LogP contribution is 2.39. The normalized spacial score (nSPS) is 24.2. The molecule has 1 aliphatic heterocycles. The van der Waals surface area contributed by atoms with Gasteiger partial charge in [0.05, 0.1) is 0 Å². The van der Waals surface area contributed by atoms with E-state index >= 15 is 0 Å². The number of sulfone groups is 2. The molecule has 6 heteroatoms. The lowest BCUT2D eigenvalue weighted by Crippen LogP contribution is -2.56. The fourth-order valence-electron chi connectivity index (χ4n) is 3.17. The van der Waals surface area contributed by atoms with E-state index in [-0.39, 0.29) is 12.8 Å². The van der Waals surface area contributed by atoms with Gasteiger partial charge in [-0.2, -0.15) is 0 Å². The molecule has 0 aromatic heterocycles. The fraction of sp³-hybridized carbons (Fsp3) is 0.333. The van der Waals surface area contributed by atoms with Gasteiger partial charge in [0.25, 0.3) is 0 Å². The van der Waals surface area contributed by atoms with Crippen LogP contribution in [-0.4, -0.2) is 26.0 Å². The van der Waals surface area contributed by atoms with Crippen LogP contribution < -0.4 is 0 Å². The van der Waals surface area contributed by atoms with E-state index in [4.69, 9.17) is 0 Å². The molecule has 1 aliphatic rings. The minimum Gasteiger partial charge on any atom is -0.226 e. The summed E-state index contributed by atoms with van der Waals surface area (Å²) in [5.41, 5.74) is 1.91. The van der Waals surface area contributed by atoms with E-state index in [1.165, 1.54) is 0 Å². The molecule has 0 N–H and O–H groups in total. The van der Waals surface area contributed by atoms with Crippen molar-refractivity contribution in [3.05, 3.63) is 71.8 Å². The van der Waals surface area contributed by atoms with Gasteiger partial charge in [0.2, 0.25) is 0 Å². The maximum absolute atomic E-state index is 12.4. The molecular formula is C18H20O4S2. The van der Waals surface area contributed by atoms with Crippen LogP contribution in [0, 0.1) is 0 Å². The highest BCUT2D eigenvalue weighted by molar-refractivity contribution is 8.25. The van der Waals surface area contributed by atoms with Gasteiger partial charge in [-0.15, -0.1) is 0 Å². The van der Waals surface area contributed by atoms with E-state index in [0.717, 1.165) is 11.1 Å². The van der Waals surface area contributed by atoms with Crippen molar-refractivity contribution in [1.29, 1.82) is 0 Å². The fourth-order valence-corrected chi connectivity index (χ4v) is 9.41. The Hall–Kier alpha value is -1.66. The second kappa shape index (κ2) is 6.69. The van der Waals surface area contributed by atoms with Gasteiger partial charge in [-0.05, 0) is 36.8 Å². The van der Waals surface area contributed by atoms with Gasteiger partial charge in [-0.1, -0.05) is 60.7 Å². The minimum absolute atomic E-state index is 0.135. The van der Waals surface area contributed by atoms with E-state index < -0.39 is 28.8 Å². The Morgan fingerprint density at radius 2 is 0.917 bits per heavy atom. The summed E-state index contributed by atoms with van der Waals surface area (Å²) in [7, 11) is -7.20. The van der Waals surface area contributed by atoms with Gasteiger partial charge in [-0.25, -0.2) is 16.8 Å². The summed E-state index contributed by atoms with van der Waals surface area (Å²) in [5.74, 6) is 0. The molecule has 0 saturated carbocycles. The summed E-state index contributed by atoms with van der Waals surface area (Å²) in [5, 5.41) is 0. The average molecular weight is 364 g/mol. The molecule has 4 nitrogen and oxygen atoms in total. The van der Waals surface area contributed by atoms with E-state index in [1.807, 2.05) is 60.7 Å². The van der Waals surface area contributed by atoms with Crippen molar-refractivity contribution in [3.63, 3.8) is 0 Å². The van der Waals surface area contributed by atoms with Crippen molar-refractivity contribution in [2.24, 2.45) is 0 Å². The smallest absolute Gasteiger partial charge is 0.184 e. The Bertz CT molecular complexity index is 791. The molecule has 1 saturated heterocycles. The van der Waals surface area contributed by atoms with Crippen LogP contribution in [0.25, 0.3) is 0 Å². The zero-order valence-corrected chi connectivity index (χ0v) is 14.8. The predicted molar refractivity (Wildman–Crippen MR) is 94.9 cm³/mol. The number of benzene rings is 2. The molecule has 3 rings (SSSR count). The SMILES string of the molecule is O=S1(=O)C(CCc2ccccc2)S(=O)(=O)C1CCc1ccccc1. The molecule has 1 heterocycles. The topological polar surface area (TPSA) is 68.3 Å². The monoisotopic (exact) mass is 364 g/mol. The van der Waals surface area contributed by atoms with Gasteiger partial charge in [-0.3, -0.25) is 0 Å². The van der Waals surface area contributed by atoms with Crippen molar-refractivity contribution in [1.82, 2.24) is 0 Å². The van der Waals surface area contributed by atoms with Gasteiger partial charge < -0.3 is 0 Å². The van der Waals surface area contributed by atoms with Crippen LogP contribution in [0.4, 0.5) is 0 Å². The predicted octanol–water partition coefficient (Wildman–Crippen LogP) is 2.75. The first-order valence-corrected chi connectivity index (χ1v) is 11.2.